The fourth-order valence-corrected chi connectivity index (χ4v) is 1.14. The van der Waals surface area contributed by atoms with Gasteiger partial charge in [-0.05, 0) is 34.1 Å². The number of nitrogens with zero attached hydrogens (tertiary/aromatic N) is 1. The van der Waals surface area contributed by atoms with E-state index in [0.29, 0.717) is 5.02 Å². The molecule has 1 aromatic carbocycles. The van der Waals surface area contributed by atoms with Gasteiger partial charge in [0.15, 0.2) is 0 Å². The average Bonchev–Trinajstić information content (AvgIpc) is 1.95. The van der Waals surface area contributed by atoms with Crippen molar-refractivity contribution in [2.45, 2.75) is 0 Å². The molecule has 0 aliphatic carbocycles. The highest BCUT2D eigenvalue weighted by molar-refractivity contribution is 9.10. The Hall–Kier alpha value is 0.01000. The lowest BCUT2D eigenvalue weighted by Crippen LogP contribution is -1.66. The van der Waals surface area contributed by atoms with E-state index in [1.165, 1.54) is 0 Å². The molecule has 0 fully saturated rings. The summed E-state index contributed by atoms with van der Waals surface area (Å²) in [4.78, 5) is 0. The predicted molar refractivity (Wildman–Crippen MR) is 48.6 cm³/mol. The standard InChI is InChI=1S/C6H3BrClNS/c7-5-3-4(9-10)1-2-6(5)8/h1-3H. The van der Waals surface area contributed by atoms with E-state index in [1.54, 1.807) is 18.2 Å². The molecular weight excluding hydrogens is 233 g/mol. The smallest absolute Gasteiger partial charge is 0.0781 e. The molecule has 52 valence electrons. The predicted octanol–water partition coefficient (Wildman–Crippen LogP) is 3.46. The molecular formula is C6H3BrClNS. The van der Waals surface area contributed by atoms with E-state index in [4.69, 9.17) is 11.6 Å². The lowest BCUT2D eigenvalue weighted by molar-refractivity contribution is 1.55. The fourth-order valence-electron chi connectivity index (χ4n) is 0.542. The second-order valence-corrected chi connectivity index (χ2v) is 3.13. The van der Waals surface area contributed by atoms with Crippen LogP contribution in [0.15, 0.2) is 27.0 Å². The second-order valence-electron chi connectivity index (χ2n) is 1.69. The van der Waals surface area contributed by atoms with Gasteiger partial charge in [0, 0.05) is 16.9 Å². The van der Waals surface area contributed by atoms with Crippen LogP contribution in [-0.2, 0) is 12.4 Å². The number of hydrogen-bond donors (Lipinski definition) is 0. The van der Waals surface area contributed by atoms with Gasteiger partial charge in [0.25, 0.3) is 0 Å². The highest BCUT2D eigenvalue weighted by Crippen LogP contribution is 2.26. The Labute approximate surface area is 77.7 Å². The summed E-state index contributed by atoms with van der Waals surface area (Å²) in [7, 11) is 0. The van der Waals surface area contributed by atoms with Gasteiger partial charge in [-0.15, -0.1) is 0 Å². The minimum absolute atomic E-state index is 0.669. The molecule has 1 nitrogen and oxygen atoms in total. The van der Waals surface area contributed by atoms with Gasteiger partial charge < -0.3 is 0 Å². The van der Waals surface area contributed by atoms with E-state index < -0.39 is 0 Å². The number of hydrogen-bond acceptors (Lipinski definition) is 2. The van der Waals surface area contributed by atoms with Gasteiger partial charge in [-0.25, -0.2) is 0 Å². The molecule has 0 aromatic heterocycles. The van der Waals surface area contributed by atoms with Gasteiger partial charge in [0.1, 0.15) is 0 Å². The van der Waals surface area contributed by atoms with Crippen LogP contribution in [0.25, 0.3) is 0 Å². The third-order valence-electron chi connectivity index (χ3n) is 1.01. The van der Waals surface area contributed by atoms with Gasteiger partial charge in [-0.2, -0.15) is 4.36 Å². The molecule has 0 radical (unpaired) electrons. The van der Waals surface area contributed by atoms with Crippen LogP contribution in [0.5, 0.6) is 0 Å². The lowest BCUT2D eigenvalue weighted by atomic mass is 10.3. The van der Waals surface area contributed by atoms with Crippen molar-refractivity contribution >= 4 is 45.6 Å². The summed E-state index contributed by atoms with van der Waals surface area (Å²) in [6.07, 6.45) is 0. The van der Waals surface area contributed by atoms with Crippen molar-refractivity contribution in [3.63, 3.8) is 0 Å². The molecule has 0 bridgehead atoms. The fraction of sp³-hybridized carbons (Fsp3) is 0. The summed E-state index contributed by atoms with van der Waals surface area (Å²) >= 11 is 13.4. The van der Waals surface area contributed by atoms with Crippen LogP contribution in [-0.4, -0.2) is 0 Å². The molecule has 0 amide bonds. The summed E-state index contributed by atoms with van der Waals surface area (Å²) in [5.41, 5.74) is 0.742. The first kappa shape index (κ1) is 8.11. The average molecular weight is 237 g/mol. The monoisotopic (exact) mass is 235 g/mol. The lowest BCUT2D eigenvalue weighted by Gasteiger charge is -1.94. The summed E-state index contributed by atoms with van der Waals surface area (Å²) in [5, 5.41) is 0.669. The Morgan fingerprint density at radius 1 is 1.50 bits per heavy atom. The van der Waals surface area contributed by atoms with Crippen LogP contribution in [0.4, 0.5) is 5.69 Å². The molecule has 0 N–H and O–H groups in total. The third-order valence-corrected chi connectivity index (χ3v) is 2.43. The molecule has 0 aliphatic rings. The molecule has 1 rings (SSSR count). The highest BCUT2D eigenvalue weighted by Gasteiger charge is 1.95. The van der Waals surface area contributed by atoms with Crippen molar-refractivity contribution < 1.29 is 0 Å². The zero-order valence-electron chi connectivity index (χ0n) is 4.84. The van der Waals surface area contributed by atoms with Crippen LogP contribution >= 0.6 is 27.5 Å². The number of benzene rings is 1. The van der Waals surface area contributed by atoms with E-state index in [-0.39, 0.29) is 0 Å². The summed E-state index contributed by atoms with van der Waals surface area (Å²) < 4.78 is 4.39. The van der Waals surface area contributed by atoms with Gasteiger partial charge in [-0.1, -0.05) is 11.6 Å². The molecule has 0 heterocycles. The zero-order chi connectivity index (χ0) is 7.56. The summed E-state index contributed by atoms with van der Waals surface area (Å²) in [5.74, 6) is 0. The first-order valence-electron chi connectivity index (χ1n) is 2.52. The maximum absolute atomic E-state index is 5.72. The van der Waals surface area contributed by atoms with Gasteiger partial charge in [0.05, 0.1) is 10.7 Å². The third kappa shape index (κ3) is 1.75. The maximum atomic E-state index is 5.72. The van der Waals surface area contributed by atoms with Crippen LogP contribution in [0.3, 0.4) is 0 Å². The van der Waals surface area contributed by atoms with Crippen molar-refractivity contribution in [2.24, 2.45) is 4.36 Å². The second kappa shape index (κ2) is 3.42. The Morgan fingerprint density at radius 3 is 2.70 bits per heavy atom. The molecule has 0 unspecified atom stereocenters. The molecule has 0 spiro atoms. The van der Waals surface area contributed by atoms with E-state index in [0.717, 1.165) is 10.2 Å². The van der Waals surface area contributed by atoms with Crippen LogP contribution < -0.4 is 0 Å². The normalized spacial score (nSPS) is 9.40. The largest absolute Gasteiger partial charge is 0.182 e. The first-order chi connectivity index (χ1) is 4.74. The van der Waals surface area contributed by atoms with Crippen LogP contribution in [0.1, 0.15) is 0 Å². The maximum Gasteiger partial charge on any atom is 0.0781 e. The van der Waals surface area contributed by atoms with Gasteiger partial charge >= 0.3 is 0 Å². The SMILES string of the molecule is S=Nc1ccc(Cl)c(Br)c1. The van der Waals surface area contributed by atoms with E-state index in [1.807, 2.05) is 0 Å². The van der Waals surface area contributed by atoms with E-state index in [2.05, 4.69) is 32.7 Å². The van der Waals surface area contributed by atoms with Crippen LogP contribution in [0.2, 0.25) is 5.02 Å². The minimum atomic E-state index is 0.669. The Balaban J connectivity index is 3.16. The topological polar surface area (TPSA) is 12.4 Å². The summed E-state index contributed by atoms with van der Waals surface area (Å²) in [6.45, 7) is 0. The van der Waals surface area contributed by atoms with Crippen molar-refractivity contribution in [2.75, 3.05) is 0 Å². The highest BCUT2D eigenvalue weighted by atomic mass is 79.9. The molecule has 4 heteroatoms. The van der Waals surface area contributed by atoms with E-state index >= 15 is 0 Å². The van der Waals surface area contributed by atoms with Crippen molar-refractivity contribution in [1.82, 2.24) is 0 Å². The van der Waals surface area contributed by atoms with E-state index in [9.17, 15) is 0 Å². The molecule has 1 aromatic rings. The molecule has 10 heavy (non-hydrogen) atoms. The summed E-state index contributed by atoms with van der Waals surface area (Å²) in [6, 6.07) is 5.28. The van der Waals surface area contributed by atoms with Crippen molar-refractivity contribution in [1.29, 1.82) is 0 Å². The first-order valence-corrected chi connectivity index (χ1v) is 4.06. The molecule has 0 atom stereocenters. The quantitative estimate of drug-likeness (QED) is 0.727. The molecule has 0 saturated carbocycles. The Morgan fingerprint density at radius 2 is 2.20 bits per heavy atom. The van der Waals surface area contributed by atoms with Gasteiger partial charge in [-0.3, -0.25) is 0 Å². The minimum Gasteiger partial charge on any atom is -0.182 e. The molecule has 0 aliphatic heterocycles. The Kier molecular flexibility index (Phi) is 2.77. The molecule has 0 saturated heterocycles. The number of halogens is 2. The van der Waals surface area contributed by atoms with Crippen LogP contribution in [0, 0.1) is 0 Å². The Bertz CT molecular complexity index is 264. The van der Waals surface area contributed by atoms with Crippen molar-refractivity contribution in [3.05, 3.63) is 27.7 Å². The van der Waals surface area contributed by atoms with Gasteiger partial charge in [0.2, 0.25) is 0 Å². The van der Waals surface area contributed by atoms with Crippen molar-refractivity contribution in [3.8, 4) is 0 Å². The zero-order valence-corrected chi connectivity index (χ0v) is 8.00. The number of rotatable bonds is 1.